The van der Waals surface area contributed by atoms with Gasteiger partial charge in [-0.15, -0.1) is 0 Å². The van der Waals surface area contributed by atoms with Crippen LogP contribution in [0, 0.1) is 11.7 Å². The van der Waals surface area contributed by atoms with Gasteiger partial charge in [-0.05, 0) is 37.9 Å². The topological polar surface area (TPSA) is 21.3 Å². The van der Waals surface area contributed by atoms with Gasteiger partial charge in [-0.25, -0.2) is 4.39 Å². The van der Waals surface area contributed by atoms with Gasteiger partial charge in [0.05, 0.1) is 5.02 Å². The average molecular weight is 274 g/mol. The molecular weight excluding hydrogens is 253 g/mol. The van der Waals surface area contributed by atoms with Crippen LogP contribution >= 0.6 is 11.6 Å². The first-order valence-corrected chi connectivity index (χ1v) is 6.70. The highest BCUT2D eigenvalue weighted by Gasteiger charge is 2.10. The molecule has 0 saturated carbocycles. The number of halogens is 2. The summed E-state index contributed by atoms with van der Waals surface area (Å²) in [4.78, 5) is 0. The molecule has 0 aliphatic rings. The van der Waals surface area contributed by atoms with E-state index in [1.807, 2.05) is 6.92 Å². The van der Waals surface area contributed by atoms with Crippen LogP contribution in [0.25, 0.3) is 0 Å². The molecule has 1 N–H and O–H groups in total. The van der Waals surface area contributed by atoms with E-state index in [0.717, 1.165) is 13.0 Å². The van der Waals surface area contributed by atoms with Crippen molar-refractivity contribution in [2.24, 2.45) is 5.92 Å². The van der Waals surface area contributed by atoms with Crippen molar-refractivity contribution in [1.82, 2.24) is 5.32 Å². The highest BCUT2D eigenvalue weighted by Crippen LogP contribution is 2.24. The Morgan fingerprint density at radius 2 is 2.06 bits per heavy atom. The Morgan fingerprint density at radius 3 is 2.72 bits per heavy atom. The highest BCUT2D eigenvalue weighted by molar-refractivity contribution is 6.30. The van der Waals surface area contributed by atoms with E-state index < -0.39 is 5.82 Å². The summed E-state index contributed by atoms with van der Waals surface area (Å²) >= 11 is 5.69. The Balaban J connectivity index is 2.35. The lowest BCUT2D eigenvalue weighted by Crippen LogP contribution is -2.30. The van der Waals surface area contributed by atoms with E-state index in [0.29, 0.717) is 12.5 Å². The molecule has 1 unspecified atom stereocenters. The molecule has 0 heterocycles. The van der Waals surface area contributed by atoms with Crippen molar-refractivity contribution in [3.8, 4) is 5.75 Å². The number of rotatable bonds is 7. The molecule has 1 aromatic rings. The van der Waals surface area contributed by atoms with Crippen molar-refractivity contribution in [3.63, 3.8) is 0 Å². The summed E-state index contributed by atoms with van der Waals surface area (Å²) in [6.45, 7) is 7.91. The predicted molar refractivity (Wildman–Crippen MR) is 73.8 cm³/mol. The number of ether oxygens (including phenoxy) is 1. The molecule has 0 bridgehead atoms. The Kier molecular flexibility index (Phi) is 6.44. The van der Waals surface area contributed by atoms with Crippen LogP contribution in [0.2, 0.25) is 5.02 Å². The van der Waals surface area contributed by atoms with Gasteiger partial charge in [0.1, 0.15) is 6.10 Å². The first-order chi connectivity index (χ1) is 8.50. The molecule has 0 aromatic heterocycles. The quantitative estimate of drug-likeness (QED) is 0.761. The lowest BCUT2D eigenvalue weighted by Gasteiger charge is -2.16. The summed E-state index contributed by atoms with van der Waals surface area (Å²) in [7, 11) is 0. The van der Waals surface area contributed by atoms with Gasteiger partial charge in [0, 0.05) is 6.54 Å². The smallest absolute Gasteiger partial charge is 0.183 e. The maximum absolute atomic E-state index is 13.6. The van der Waals surface area contributed by atoms with Crippen LogP contribution in [0.3, 0.4) is 0 Å². The van der Waals surface area contributed by atoms with E-state index in [9.17, 15) is 4.39 Å². The SMILES string of the molecule is CC(C)CCNCC(C)Oc1cccc(Cl)c1F. The van der Waals surface area contributed by atoms with Gasteiger partial charge >= 0.3 is 0 Å². The van der Waals surface area contributed by atoms with E-state index in [1.54, 1.807) is 12.1 Å². The van der Waals surface area contributed by atoms with Gasteiger partial charge in [0.25, 0.3) is 0 Å². The third-order valence-electron chi connectivity index (χ3n) is 2.57. The number of hydrogen-bond acceptors (Lipinski definition) is 2. The minimum absolute atomic E-state index is 0.0902. The maximum atomic E-state index is 13.6. The van der Waals surface area contributed by atoms with Gasteiger partial charge in [-0.2, -0.15) is 0 Å². The normalized spacial score (nSPS) is 12.8. The summed E-state index contributed by atoms with van der Waals surface area (Å²) in [5.74, 6) is 0.396. The van der Waals surface area contributed by atoms with E-state index in [2.05, 4.69) is 19.2 Å². The second kappa shape index (κ2) is 7.59. The number of benzene rings is 1. The molecule has 4 heteroatoms. The second-order valence-electron chi connectivity index (χ2n) is 4.87. The molecule has 102 valence electrons. The minimum atomic E-state index is -0.492. The van der Waals surface area contributed by atoms with Crippen LogP contribution < -0.4 is 10.1 Å². The van der Waals surface area contributed by atoms with Crippen molar-refractivity contribution >= 4 is 11.6 Å². The molecule has 0 radical (unpaired) electrons. The molecule has 1 aromatic carbocycles. The Hall–Kier alpha value is -0.800. The first kappa shape index (κ1) is 15.3. The molecule has 0 aliphatic heterocycles. The zero-order valence-electron chi connectivity index (χ0n) is 11.2. The molecule has 18 heavy (non-hydrogen) atoms. The van der Waals surface area contributed by atoms with E-state index in [1.165, 1.54) is 6.07 Å². The average Bonchev–Trinajstić information content (AvgIpc) is 2.30. The maximum Gasteiger partial charge on any atom is 0.183 e. The van der Waals surface area contributed by atoms with E-state index in [4.69, 9.17) is 16.3 Å². The standard InChI is InChI=1S/C14H21ClFNO/c1-10(2)7-8-17-9-11(3)18-13-6-4-5-12(15)14(13)16/h4-6,10-11,17H,7-9H2,1-3H3. The lowest BCUT2D eigenvalue weighted by molar-refractivity contribution is 0.207. The highest BCUT2D eigenvalue weighted by atomic mass is 35.5. The van der Waals surface area contributed by atoms with Crippen LogP contribution in [0.1, 0.15) is 27.2 Å². The second-order valence-corrected chi connectivity index (χ2v) is 5.27. The molecule has 1 atom stereocenters. The van der Waals surface area contributed by atoms with E-state index >= 15 is 0 Å². The molecule has 0 aliphatic carbocycles. The number of nitrogens with one attached hydrogen (secondary N) is 1. The van der Waals surface area contributed by atoms with Crippen molar-refractivity contribution in [3.05, 3.63) is 29.0 Å². The molecular formula is C14H21ClFNO. The third-order valence-corrected chi connectivity index (χ3v) is 2.87. The summed E-state index contributed by atoms with van der Waals surface area (Å²) in [5, 5.41) is 3.38. The molecule has 0 spiro atoms. The summed E-state index contributed by atoms with van der Waals surface area (Å²) in [5.41, 5.74) is 0. The molecule has 0 saturated heterocycles. The largest absolute Gasteiger partial charge is 0.486 e. The van der Waals surface area contributed by atoms with Crippen LogP contribution in [0.4, 0.5) is 4.39 Å². The summed E-state index contributed by atoms with van der Waals surface area (Å²) < 4.78 is 19.1. The molecule has 0 amide bonds. The van der Waals surface area contributed by atoms with Crippen molar-refractivity contribution < 1.29 is 9.13 Å². The Bertz CT molecular complexity index is 371. The van der Waals surface area contributed by atoms with Gasteiger partial charge in [0.15, 0.2) is 11.6 Å². The van der Waals surface area contributed by atoms with Crippen LogP contribution in [-0.4, -0.2) is 19.2 Å². The zero-order chi connectivity index (χ0) is 13.5. The van der Waals surface area contributed by atoms with Gasteiger partial charge in [-0.1, -0.05) is 31.5 Å². The predicted octanol–water partition coefficient (Wildman–Crippen LogP) is 3.88. The monoisotopic (exact) mass is 273 g/mol. The first-order valence-electron chi connectivity index (χ1n) is 6.32. The van der Waals surface area contributed by atoms with Crippen molar-refractivity contribution in [2.45, 2.75) is 33.3 Å². The molecule has 1 rings (SSSR count). The van der Waals surface area contributed by atoms with Crippen molar-refractivity contribution in [2.75, 3.05) is 13.1 Å². The van der Waals surface area contributed by atoms with Gasteiger partial charge in [0.2, 0.25) is 0 Å². The molecule has 2 nitrogen and oxygen atoms in total. The van der Waals surface area contributed by atoms with Crippen LogP contribution in [-0.2, 0) is 0 Å². The lowest BCUT2D eigenvalue weighted by atomic mass is 10.1. The van der Waals surface area contributed by atoms with Gasteiger partial charge < -0.3 is 10.1 Å². The minimum Gasteiger partial charge on any atom is -0.486 e. The van der Waals surface area contributed by atoms with Crippen molar-refractivity contribution in [1.29, 1.82) is 0 Å². The molecule has 0 fully saturated rings. The fourth-order valence-electron chi connectivity index (χ4n) is 1.53. The summed E-state index contributed by atoms with van der Waals surface area (Å²) in [6, 6.07) is 4.78. The van der Waals surface area contributed by atoms with E-state index in [-0.39, 0.29) is 16.9 Å². The van der Waals surface area contributed by atoms with Crippen LogP contribution in [0.15, 0.2) is 18.2 Å². The fraction of sp³-hybridized carbons (Fsp3) is 0.571. The van der Waals surface area contributed by atoms with Crippen LogP contribution in [0.5, 0.6) is 5.75 Å². The Labute approximate surface area is 113 Å². The summed E-state index contributed by atoms with van der Waals surface area (Å²) in [6.07, 6.45) is 1.03. The third kappa shape index (κ3) is 5.23. The van der Waals surface area contributed by atoms with Gasteiger partial charge in [-0.3, -0.25) is 0 Å². The Morgan fingerprint density at radius 1 is 1.33 bits per heavy atom. The number of hydrogen-bond donors (Lipinski definition) is 1. The zero-order valence-corrected chi connectivity index (χ0v) is 11.9. The fourth-order valence-corrected chi connectivity index (χ4v) is 1.70.